The van der Waals surface area contributed by atoms with Crippen LogP contribution < -0.4 is 5.32 Å². The molecule has 0 aromatic carbocycles. The van der Waals surface area contributed by atoms with Crippen LogP contribution in [0.2, 0.25) is 0 Å². The zero-order valence-corrected chi connectivity index (χ0v) is 14.8. The van der Waals surface area contributed by atoms with Crippen LogP contribution in [-0.4, -0.2) is 43.7 Å². The first kappa shape index (κ1) is 15.9. The maximum atomic E-state index is 12.6. The van der Waals surface area contributed by atoms with Gasteiger partial charge in [0, 0.05) is 25.5 Å². The van der Waals surface area contributed by atoms with Gasteiger partial charge in [-0.1, -0.05) is 6.92 Å². The Morgan fingerprint density at radius 1 is 1.38 bits per heavy atom. The first-order chi connectivity index (χ1) is 11.3. The SMILES string of the molecule is C[C@]12CN(C(=O)Nc3ccc(S(C)(=O)=O)cn3)C[C@H]1[C@H]1CC[C@@H]2C1. The third-order valence-electron chi connectivity index (χ3n) is 6.46. The molecule has 1 aromatic heterocycles. The summed E-state index contributed by atoms with van der Waals surface area (Å²) < 4.78 is 22.9. The van der Waals surface area contributed by atoms with Crippen LogP contribution >= 0.6 is 0 Å². The summed E-state index contributed by atoms with van der Waals surface area (Å²) in [5.41, 5.74) is 0.272. The summed E-state index contributed by atoms with van der Waals surface area (Å²) in [6.07, 6.45) is 6.38. The molecule has 24 heavy (non-hydrogen) atoms. The van der Waals surface area contributed by atoms with Crippen LogP contribution in [0.3, 0.4) is 0 Å². The van der Waals surface area contributed by atoms with Crippen molar-refractivity contribution in [3.8, 4) is 0 Å². The second kappa shape index (κ2) is 5.18. The molecule has 1 saturated heterocycles. The van der Waals surface area contributed by atoms with Crippen molar-refractivity contribution in [1.82, 2.24) is 9.88 Å². The summed E-state index contributed by atoms with van der Waals surface area (Å²) in [6, 6.07) is 2.87. The summed E-state index contributed by atoms with van der Waals surface area (Å²) in [5, 5.41) is 2.80. The van der Waals surface area contributed by atoms with E-state index < -0.39 is 9.84 Å². The van der Waals surface area contributed by atoms with Gasteiger partial charge >= 0.3 is 6.03 Å². The topological polar surface area (TPSA) is 79.4 Å². The third-order valence-corrected chi connectivity index (χ3v) is 7.56. The van der Waals surface area contributed by atoms with E-state index in [9.17, 15) is 13.2 Å². The van der Waals surface area contributed by atoms with E-state index in [0.717, 1.165) is 31.2 Å². The minimum absolute atomic E-state index is 0.135. The fraction of sp³-hybridized carbons (Fsp3) is 0.647. The number of likely N-dealkylation sites (tertiary alicyclic amines) is 1. The van der Waals surface area contributed by atoms with Crippen LogP contribution in [0.1, 0.15) is 26.2 Å². The van der Waals surface area contributed by atoms with Gasteiger partial charge in [-0.05, 0) is 54.6 Å². The van der Waals surface area contributed by atoms with Crippen molar-refractivity contribution in [3.05, 3.63) is 18.3 Å². The van der Waals surface area contributed by atoms with Gasteiger partial charge in [-0.2, -0.15) is 0 Å². The fourth-order valence-electron chi connectivity index (χ4n) is 5.16. The molecule has 2 aliphatic carbocycles. The van der Waals surface area contributed by atoms with Gasteiger partial charge in [0.15, 0.2) is 9.84 Å². The van der Waals surface area contributed by atoms with E-state index in [1.54, 1.807) is 0 Å². The molecule has 3 aliphatic rings. The van der Waals surface area contributed by atoms with Gasteiger partial charge in [-0.15, -0.1) is 0 Å². The number of carbonyl (C=O) groups is 1. The zero-order valence-electron chi connectivity index (χ0n) is 14.0. The van der Waals surface area contributed by atoms with Crippen molar-refractivity contribution in [2.75, 3.05) is 24.7 Å². The molecule has 2 heterocycles. The Morgan fingerprint density at radius 2 is 2.17 bits per heavy atom. The molecule has 0 spiro atoms. The molecule has 0 radical (unpaired) electrons. The van der Waals surface area contributed by atoms with Gasteiger partial charge in [0.25, 0.3) is 0 Å². The lowest BCUT2D eigenvalue weighted by atomic mass is 9.70. The maximum Gasteiger partial charge on any atom is 0.323 e. The predicted molar refractivity (Wildman–Crippen MR) is 90.4 cm³/mol. The molecule has 4 rings (SSSR count). The highest BCUT2D eigenvalue weighted by Crippen LogP contribution is 2.62. The Kier molecular flexibility index (Phi) is 3.43. The maximum absolute atomic E-state index is 12.6. The number of anilines is 1. The average molecular weight is 349 g/mol. The van der Waals surface area contributed by atoms with Gasteiger partial charge in [0.05, 0.1) is 4.90 Å². The second-order valence-corrected chi connectivity index (χ2v) is 9.86. The predicted octanol–water partition coefficient (Wildman–Crippen LogP) is 2.39. The van der Waals surface area contributed by atoms with Gasteiger partial charge in [-0.3, -0.25) is 5.32 Å². The van der Waals surface area contributed by atoms with Gasteiger partial charge in [0.2, 0.25) is 0 Å². The van der Waals surface area contributed by atoms with Crippen LogP contribution in [-0.2, 0) is 9.84 Å². The molecule has 4 atom stereocenters. The van der Waals surface area contributed by atoms with E-state index in [4.69, 9.17) is 0 Å². The minimum atomic E-state index is -3.27. The van der Waals surface area contributed by atoms with Crippen LogP contribution in [0.25, 0.3) is 0 Å². The van der Waals surface area contributed by atoms with Crippen molar-refractivity contribution in [2.24, 2.45) is 23.2 Å². The number of pyridine rings is 1. The molecule has 7 heteroatoms. The minimum Gasteiger partial charge on any atom is -0.324 e. The number of fused-ring (bicyclic) bond motifs is 5. The average Bonchev–Trinajstić information content (AvgIpc) is 3.17. The smallest absolute Gasteiger partial charge is 0.323 e. The lowest BCUT2D eigenvalue weighted by molar-refractivity contribution is 0.152. The molecule has 6 nitrogen and oxygen atoms in total. The van der Waals surface area contributed by atoms with Crippen molar-refractivity contribution in [3.63, 3.8) is 0 Å². The molecule has 2 saturated carbocycles. The molecule has 1 aromatic rings. The van der Waals surface area contributed by atoms with Crippen LogP contribution in [0.5, 0.6) is 0 Å². The largest absolute Gasteiger partial charge is 0.324 e. The highest BCUT2D eigenvalue weighted by atomic mass is 32.2. The van der Waals surface area contributed by atoms with Gasteiger partial charge < -0.3 is 4.90 Å². The van der Waals surface area contributed by atoms with E-state index in [-0.39, 0.29) is 16.3 Å². The summed E-state index contributed by atoms with van der Waals surface area (Å²) in [4.78, 5) is 18.7. The molecule has 3 fully saturated rings. The molecular formula is C17H23N3O3S. The first-order valence-corrected chi connectivity index (χ1v) is 10.4. The lowest BCUT2D eigenvalue weighted by Gasteiger charge is -2.34. The second-order valence-electron chi connectivity index (χ2n) is 7.84. The normalized spacial score (nSPS) is 34.4. The molecule has 0 unspecified atom stereocenters. The number of hydrogen-bond donors (Lipinski definition) is 1. The van der Waals surface area contributed by atoms with Crippen molar-refractivity contribution in [2.45, 2.75) is 31.1 Å². The third kappa shape index (κ3) is 2.41. The van der Waals surface area contributed by atoms with E-state index in [0.29, 0.717) is 11.7 Å². The van der Waals surface area contributed by atoms with E-state index in [1.807, 2.05) is 4.90 Å². The van der Waals surface area contributed by atoms with Gasteiger partial charge in [-0.25, -0.2) is 18.2 Å². The molecule has 1 N–H and O–H groups in total. The zero-order chi connectivity index (χ0) is 17.1. The fourth-order valence-corrected chi connectivity index (χ4v) is 5.72. The summed E-state index contributed by atoms with van der Waals surface area (Å²) >= 11 is 0. The van der Waals surface area contributed by atoms with Crippen LogP contribution in [0, 0.1) is 23.2 Å². The van der Waals surface area contributed by atoms with E-state index in [2.05, 4.69) is 17.2 Å². The molecule has 2 bridgehead atoms. The van der Waals surface area contributed by atoms with E-state index >= 15 is 0 Å². The van der Waals surface area contributed by atoms with Crippen LogP contribution in [0.15, 0.2) is 23.2 Å². The highest BCUT2D eigenvalue weighted by molar-refractivity contribution is 7.90. The number of aromatic nitrogens is 1. The lowest BCUT2D eigenvalue weighted by Crippen LogP contribution is -2.36. The number of nitrogens with one attached hydrogen (secondary N) is 1. The Hall–Kier alpha value is -1.63. The highest BCUT2D eigenvalue weighted by Gasteiger charge is 2.59. The molecule has 130 valence electrons. The molecule has 1 aliphatic heterocycles. The van der Waals surface area contributed by atoms with E-state index in [1.165, 1.54) is 37.6 Å². The molecular weight excluding hydrogens is 326 g/mol. The Morgan fingerprint density at radius 3 is 2.79 bits per heavy atom. The van der Waals surface area contributed by atoms with Gasteiger partial charge in [0.1, 0.15) is 5.82 Å². The number of amides is 2. The van der Waals surface area contributed by atoms with Crippen LogP contribution in [0.4, 0.5) is 10.6 Å². The Balaban J connectivity index is 1.44. The standard InChI is InChI=1S/C17H23N3O3S/c1-17-10-20(9-14(17)11-3-4-12(17)7-11)16(21)19-15-6-5-13(8-18-15)24(2,22)23/h5-6,8,11-12,14H,3-4,7,9-10H2,1-2H3,(H,18,19,21)/t11-,12+,14-,17+/m0/s1. The number of sulfone groups is 1. The first-order valence-electron chi connectivity index (χ1n) is 8.49. The quantitative estimate of drug-likeness (QED) is 0.889. The molecule has 2 amide bonds. The number of rotatable bonds is 2. The monoisotopic (exact) mass is 349 g/mol. The summed E-state index contributed by atoms with van der Waals surface area (Å²) in [6.45, 7) is 3.98. The van der Waals surface area contributed by atoms with Crippen molar-refractivity contribution in [1.29, 1.82) is 0 Å². The number of nitrogens with zero attached hydrogens (tertiary/aromatic N) is 2. The Labute approximate surface area is 142 Å². The summed E-state index contributed by atoms with van der Waals surface area (Å²) in [7, 11) is -3.27. The number of urea groups is 1. The number of hydrogen-bond acceptors (Lipinski definition) is 4. The summed E-state index contributed by atoms with van der Waals surface area (Å²) in [5.74, 6) is 2.56. The van der Waals surface area contributed by atoms with Crippen molar-refractivity contribution >= 4 is 21.7 Å². The number of carbonyl (C=O) groups excluding carboxylic acids is 1. The van der Waals surface area contributed by atoms with Crippen molar-refractivity contribution < 1.29 is 13.2 Å². The Bertz CT molecular complexity index is 777.